The summed E-state index contributed by atoms with van der Waals surface area (Å²) in [7, 11) is 0. The van der Waals surface area contributed by atoms with Gasteiger partial charge in [0.05, 0.1) is 17.5 Å². The maximum atomic E-state index is 12.6. The predicted octanol–water partition coefficient (Wildman–Crippen LogP) is 3.51. The number of carbonyl (C=O) groups excluding carboxylic acids is 1. The summed E-state index contributed by atoms with van der Waals surface area (Å²) >= 11 is 0.262. The molecule has 1 amide bonds. The standard InChI is InChI=1S/C15H13F3N6OS/c1-8(2)11-9(7-20-24(11)10-5-3-4-6-19-10)12(25)21-14-23-22-13(26-14)15(16,17)18/h3-8H,1-2H3,(H,21,23,25). The zero-order chi connectivity index (χ0) is 18.9. The van der Waals surface area contributed by atoms with Gasteiger partial charge in [-0.25, -0.2) is 9.67 Å². The molecule has 3 rings (SSSR count). The summed E-state index contributed by atoms with van der Waals surface area (Å²) in [5.41, 5.74) is 0.816. The average molecular weight is 382 g/mol. The lowest BCUT2D eigenvalue weighted by Crippen LogP contribution is -2.15. The van der Waals surface area contributed by atoms with Crippen molar-refractivity contribution in [2.24, 2.45) is 0 Å². The van der Waals surface area contributed by atoms with Crippen LogP contribution >= 0.6 is 11.3 Å². The zero-order valence-electron chi connectivity index (χ0n) is 13.7. The van der Waals surface area contributed by atoms with Crippen molar-refractivity contribution in [2.45, 2.75) is 25.9 Å². The van der Waals surface area contributed by atoms with Gasteiger partial charge in [-0.05, 0) is 18.1 Å². The van der Waals surface area contributed by atoms with Crippen molar-refractivity contribution >= 4 is 22.4 Å². The largest absolute Gasteiger partial charge is 0.445 e. The molecule has 0 aliphatic heterocycles. The first kappa shape index (κ1) is 18.0. The SMILES string of the molecule is CC(C)c1c(C(=O)Nc2nnc(C(F)(F)F)s2)cnn1-c1ccccn1. The molecule has 26 heavy (non-hydrogen) atoms. The molecule has 7 nitrogen and oxygen atoms in total. The van der Waals surface area contributed by atoms with Crippen LogP contribution in [0.4, 0.5) is 18.3 Å². The molecule has 3 aromatic heterocycles. The van der Waals surface area contributed by atoms with Gasteiger partial charge < -0.3 is 0 Å². The van der Waals surface area contributed by atoms with Gasteiger partial charge in [-0.15, -0.1) is 10.2 Å². The summed E-state index contributed by atoms with van der Waals surface area (Å²) in [6.45, 7) is 3.75. The number of hydrogen-bond acceptors (Lipinski definition) is 6. The summed E-state index contributed by atoms with van der Waals surface area (Å²) < 4.78 is 39.3. The van der Waals surface area contributed by atoms with E-state index in [1.54, 1.807) is 24.4 Å². The highest BCUT2D eigenvalue weighted by Crippen LogP contribution is 2.33. The molecule has 0 aromatic carbocycles. The number of nitrogens with one attached hydrogen (secondary N) is 1. The molecule has 11 heteroatoms. The molecule has 0 radical (unpaired) electrons. The summed E-state index contributed by atoms with van der Waals surface area (Å²) in [6, 6.07) is 5.28. The molecule has 0 bridgehead atoms. The predicted molar refractivity (Wildman–Crippen MR) is 88.3 cm³/mol. The normalized spacial score (nSPS) is 11.8. The molecule has 0 aliphatic rings. The molecule has 136 valence electrons. The molecule has 0 spiro atoms. The molecular formula is C15H13F3N6OS. The van der Waals surface area contributed by atoms with E-state index in [1.807, 2.05) is 13.8 Å². The van der Waals surface area contributed by atoms with Crippen LogP contribution in [-0.4, -0.2) is 30.9 Å². The Bertz CT molecular complexity index is 919. The van der Waals surface area contributed by atoms with Crippen LogP contribution in [0, 0.1) is 0 Å². The first-order valence-corrected chi connectivity index (χ1v) is 8.30. The quantitative estimate of drug-likeness (QED) is 0.746. The van der Waals surface area contributed by atoms with Gasteiger partial charge in [0.2, 0.25) is 10.1 Å². The van der Waals surface area contributed by atoms with Crippen LogP contribution in [0.1, 0.15) is 40.8 Å². The van der Waals surface area contributed by atoms with Gasteiger partial charge in [0.1, 0.15) is 0 Å². The van der Waals surface area contributed by atoms with Gasteiger partial charge >= 0.3 is 6.18 Å². The van der Waals surface area contributed by atoms with Gasteiger partial charge in [0.15, 0.2) is 5.82 Å². The fraction of sp³-hybridized carbons (Fsp3) is 0.267. The average Bonchev–Trinajstić information content (AvgIpc) is 3.22. The minimum absolute atomic E-state index is 0.0830. The van der Waals surface area contributed by atoms with E-state index in [0.29, 0.717) is 11.5 Å². The highest BCUT2D eigenvalue weighted by Gasteiger charge is 2.36. The smallest absolute Gasteiger partial charge is 0.296 e. The van der Waals surface area contributed by atoms with E-state index in [9.17, 15) is 18.0 Å². The molecule has 0 fully saturated rings. The first-order chi connectivity index (χ1) is 12.3. The second-order valence-corrected chi connectivity index (χ2v) is 6.54. The van der Waals surface area contributed by atoms with Crippen LogP contribution < -0.4 is 5.32 Å². The fourth-order valence-electron chi connectivity index (χ4n) is 2.30. The van der Waals surface area contributed by atoms with Crippen LogP contribution in [-0.2, 0) is 6.18 Å². The minimum atomic E-state index is -4.60. The third-order valence-corrected chi connectivity index (χ3v) is 4.24. The molecule has 3 heterocycles. The summed E-state index contributed by atoms with van der Waals surface area (Å²) in [6.07, 6.45) is -1.65. The number of hydrogen-bond donors (Lipinski definition) is 1. The molecular weight excluding hydrogens is 369 g/mol. The molecule has 3 aromatic rings. The first-order valence-electron chi connectivity index (χ1n) is 7.48. The van der Waals surface area contributed by atoms with Gasteiger partial charge in [0.25, 0.3) is 5.91 Å². The number of anilines is 1. The maximum absolute atomic E-state index is 12.6. The van der Waals surface area contributed by atoms with Crippen LogP contribution in [0.15, 0.2) is 30.6 Å². The van der Waals surface area contributed by atoms with Crippen LogP contribution in [0.25, 0.3) is 5.82 Å². The lowest BCUT2D eigenvalue weighted by atomic mass is 10.1. The second-order valence-electron chi connectivity index (χ2n) is 5.56. The van der Waals surface area contributed by atoms with E-state index in [2.05, 4.69) is 25.6 Å². The zero-order valence-corrected chi connectivity index (χ0v) is 14.5. The van der Waals surface area contributed by atoms with Crippen molar-refractivity contribution in [3.05, 3.63) is 46.9 Å². The van der Waals surface area contributed by atoms with Crippen molar-refractivity contribution in [3.63, 3.8) is 0 Å². The van der Waals surface area contributed by atoms with Crippen LogP contribution in [0.3, 0.4) is 0 Å². The van der Waals surface area contributed by atoms with Crippen molar-refractivity contribution < 1.29 is 18.0 Å². The Hall–Kier alpha value is -2.82. The van der Waals surface area contributed by atoms with E-state index >= 15 is 0 Å². The lowest BCUT2D eigenvalue weighted by molar-refractivity contribution is -0.138. The van der Waals surface area contributed by atoms with E-state index in [1.165, 1.54) is 10.9 Å². The number of alkyl halides is 3. The third-order valence-electron chi connectivity index (χ3n) is 3.35. The number of aromatic nitrogens is 5. The molecule has 0 unspecified atom stereocenters. The Labute approximate surface area is 149 Å². The van der Waals surface area contributed by atoms with E-state index in [-0.39, 0.29) is 27.9 Å². The number of amides is 1. The second kappa shape index (κ2) is 6.83. The van der Waals surface area contributed by atoms with Gasteiger partial charge in [0, 0.05) is 6.20 Å². The number of pyridine rings is 1. The Morgan fingerprint density at radius 2 is 2.04 bits per heavy atom. The highest BCUT2D eigenvalue weighted by molar-refractivity contribution is 7.15. The minimum Gasteiger partial charge on any atom is -0.296 e. The summed E-state index contributed by atoms with van der Waals surface area (Å²) in [4.78, 5) is 16.7. The third kappa shape index (κ3) is 3.57. The van der Waals surface area contributed by atoms with Crippen molar-refractivity contribution in [1.82, 2.24) is 25.0 Å². The maximum Gasteiger partial charge on any atom is 0.445 e. The van der Waals surface area contributed by atoms with E-state index < -0.39 is 17.1 Å². The van der Waals surface area contributed by atoms with E-state index in [0.717, 1.165) is 0 Å². The molecule has 0 aliphatic carbocycles. The topological polar surface area (TPSA) is 85.6 Å². The van der Waals surface area contributed by atoms with Crippen LogP contribution in [0.5, 0.6) is 0 Å². The molecule has 0 atom stereocenters. The molecule has 1 N–H and O–H groups in total. The Balaban J connectivity index is 1.90. The summed E-state index contributed by atoms with van der Waals surface area (Å²) in [5, 5.41) is 11.6. The van der Waals surface area contributed by atoms with Gasteiger partial charge in [-0.1, -0.05) is 31.3 Å². The lowest BCUT2D eigenvalue weighted by Gasteiger charge is -2.11. The highest BCUT2D eigenvalue weighted by atomic mass is 32.1. The van der Waals surface area contributed by atoms with Gasteiger partial charge in [-0.3, -0.25) is 10.1 Å². The fourth-order valence-corrected chi connectivity index (χ4v) is 2.91. The Morgan fingerprint density at radius 3 is 2.62 bits per heavy atom. The van der Waals surface area contributed by atoms with Gasteiger partial charge in [-0.2, -0.15) is 18.3 Å². The number of carbonyl (C=O) groups is 1. The van der Waals surface area contributed by atoms with E-state index in [4.69, 9.17) is 0 Å². The monoisotopic (exact) mass is 382 g/mol. The number of nitrogens with zero attached hydrogens (tertiary/aromatic N) is 5. The van der Waals surface area contributed by atoms with Crippen molar-refractivity contribution in [2.75, 3.05) is 5.32 Å². The summed E-state index contributed by atoms with van der Waals surface area (Å²) in [5.74, 6) is -0.160. The number of halogens is 3. The number of rotatable bonds is 4. The Kier molecular flexibility index (Phi) is 4.72. The molecule has 0 saturated carbocycles. The molecule has 0 saturated heterocycles. The van der Waals surface area contributed by atoms with Crippen molar-refractivity contribution in [1.29, 1.82) is 0 Å². The van der Waals surface area contributed by atoms with Crippen molar-refractivity contribution in [3.8, 4) is 5.82 Å². The van der Waals surface area contributed by atoms with Crippen LogP contribution in [0.2, 0.25) is 0 Å². The Morgan fingerprint density at radius 1 is 1.27 bits per heavy atom.